The van der Waals surface area contributed by atoms with Gasteiger partial charge >= 0.3 is 0 Å². The molecule has 3 aromatic rings. The summed E-state index contributed by atoms with van der Waals surface area (Å²) in [6.45, 7) is 7.37. The molecular formula is C35H45N5O3. The summed E-state index contributed by atoms with van der Waals surface area (Å²) in [6.07, 6.45) is 15.8. The molecule has 8 nitrogen and oxygen atoms in total. The van der Waals surface area contributed by atoms with Crippen molar-refractivity contribution < 1.29 is 14.0 Å². The summed E-state index contributed by atoms with van der Waals surface area (Å²) in [5.74, 6) is 2.35. The number of aromatic nitrogens is 3. The normalized spacial score (nSPS) is 20.2. The van der Waals surface area contributed by atoms with E-state index < -0.39 is 0 Å². The second-order valence-corrected chi connectivity index (χ2v) is 12.8. The highest BCUT2D eigenvalue weighted by Gasteiger charge is 2.58. The number of carbonyl (C=O) groups excluding carboxylic acids is 2. The van der Waals surface area contributed by atoms with Crippen LogP contribution in [0.15, 0.2) is 47.3 Å². The van der Waals surface area contributed by atoms with Gasteiger partial charge in [0.25, 0.3) is 0 Å². The molecule has 1 aliphatic heterocycles. The molecule has 1 amide bonds. The Bertz CT molecular complexity index is 1390. The van der Waals surface area contributed by atoms with E-state index >= 15 is 0 Å². The van der Waals surface area contributed by atoms with Crippen LogP contribution >= 0.6 is 0 Å². The smallest absolute Gasteiger partial charge is 0.224 e. The average molecular weight is 584 g/mol. The van der Waals surface area contributed by atoms with Crippen LogP contribution in [0.3, 0.4) is 0 Å². The maximum Gasteiger partial charge on any atom is 0.224 e. The first kappa shape index (κ1) is 29.7. The fraction of sp³-hybridized carbons (Fsp3) is 0.571. The first-order chi connectivity index (χ1) is 21.0. The van der Waals surface area contributed by atoms with Crippen molar-refractivity contribution in [2.75, 3.05) is 19.6 Å². The van der Waals surface area contributed by atoms with Gasteiger partial charge in [-0.15, -0.1) is 0 Å². The SMILES string of the molecule is CCC(=O)CCCCC[C@H](NC(=O)C1CC12CCN(CC)CC2)c1ncc(-c2ccc(-c3cnc(C4CC4)cn3)cc2)o1. The van der Waals surface area contributed by atoms with Gasteiger partial charge in [0.15, 0.2) is 5.76 Å². The first-order valence-electron chi connectivity index (χ1n) is 16.4. The third kappa shape index (κ3) is 7.06. The Morgan fingerprint density at radius 3 is 2.42 bits per heavy atom. The van der Waals surface area contributed by atoms with E-state index in [-0.39, 0.29) is 23.3 Å². The molecule has 1 spiro atoms. The number of rotatable bonds is 14. The number of nitrogens with one attached hydrogen (secondary N) is 1. The number of likely N-dealkylation sites (tertiary alicyclic amines) is 1. The Morgan fingerprint density at radius 2 is 1.74 bits per heavy atom. The predicted molar refractivity (Wildman–Crippen MR) is 166 cm³/mol. The van der Waals surface area contributed by atoms with Gasteiger partial charge in [-0.1, -0.05) is 51.0 Å². The van der Waals surface area contributed by atoms with Crippen molar-refractivity contribution in [3.63, 3.8) is 0 Å². The number of Topliss-reactive ketones (excluding diaryl/α,β-unsaturated/α-hetero) is 1. The summed E-state index contributed by atoms with van der Waals surface area (Å²) >= 11 is 0. The van der Waals surface area contributed by atoms with Crippen molar-refractivity contribution >= 4 is 11.7 Å². The van der Waals surface area contributed by atoms with Crippen LogP contribution in [0.2, 0.25) is 0 Å². The number of unbranched alkanes of at least 4 members (excludes halogenated alkanes) is 2. The highest BCUT2D eigenvalue weighted by atomic mass is 16.4. The fourth-order valence-corrected chi connectivity index (χ4v) is 6.60. The molecule has 2 aromatic heterocycles. The van der Waals surface area contributed by atoms with E-state index in [1.165, 1.54) is 12.8 Å². The van der Waals surface area contributed by atoms with Crippen molar-refractivity contribution in [3.05, 3.63) is 54.4 Å². The van der Waals surface area contributed by atoms with Crippen LogP contribution in [-0.2, 0) is 9.59 Å². The Hall–Kier alpha value is -3.39. The fourth-order valence-electron chi connectivity index (χ4n) is 6.60. The lowest BCUT2D eigenvalue weighted by atomic mass is 9.90. The van der Waals surface area contributed by atoms with E-state index in [1.807, 2.05) is 43.6 Å². The van der Waals surface area contributed by atoms with Crippen molar-refractivity contribution in [3.8, 4) is 22.6 Å². The molecule has 6 rings (SSSR count). The quantitative estimate of drug-likeness (QED) is 0.206. The molecule has 228 valence electrons. The zero-order chi connectivity index (χ0) is 29.8. The first-order valence-corrected chi connectivity index (χ1v) is 16.4. The minimum absolute atomic E-state index is 0.0830. The minimum Gasteiger partial charge on any atom is -0.438 e. The van der Waals surface area contributed by atoms with Gasteiger partial charge in [0.1, 0.15) is 11.8 Å². The molecule has 1 saturated heterocycles. The van der Waals surface area contributed by atoms with Crippen LogP contribution < -0.4 is 5.32 Å². The molecular weight excluding hydrogens is 538 g/mol. The van der Waals surface area contributed by atoms with Crippen LogP contribution in [0.4, 0.5) is 0 Å². The number of hydrogen-bond donors (Lipinski definition) is 1. The molecule has 2 atom stereocenters. The number of piperidine rings is 1. The van der Waals surface area contributed by atoms with Crippen molar-refractivity contribution in [2.24, 2.45) is 11.3 Å². The molecule has 1 N–H and O–H groups in total. The third-order valence-electron chi connectivity index (χ3n) is 9.92. The minimum atomic E-state index is -0.281. The monoisotopic (exact) mass is 583 g/mol. The second-order valence-electron chi connectivity index (χ2n) is 12.8. The standard InChI is InChI=1S/C35H45N5O3/c1-3-27(41)8-6-5-7-9-29(39-33(42)28-20-35(28)16-18-40(4-2)19-17-35)34-38-23-32(43-34)26-14-12-25(13-15-26)31-22-36-30(21-37-31)24-10-11-24/h12-15,21-24,28-29H,3-11,16-20H2,1-2H3,(H,39,42)/t28?,29-/m0/s1. The van der Waals surface area contributed by atoms with Crippen molar-refractivity contribution in [2.45, 2.75) is 96.4 Å². The largest absolute Gasteiger partial charge is 0.438 e. The van der Waals surface area contributed by atoms with Gasteiger partial charge < -0.3 is 14.6 Å². The summed E-state index contributed by atoms with van der Waals surface area (Å²) in [7, 11) is 0. The highest BCUT2D eigenvalue weighted by molar-refractivity contribution is 5.83. The summed E-state index contributed by atoms with van der Waals surface area (Å²) < 4.78 is 6.29. The summed E-state index contributed by atoms with van der Waals surface area (Å²) in [5.41, 5.74) is 4.05. The lowest BCUT2D eigenvalue weighted by molar-refractivity contribution is -0.124. The summed E-state index contributed by atoms with van der Waals surface area (Å²) in [5, 5.41) is 3.32. The van der Waals surface area contributed by atoms with Gasteiger partial charge in [-0.25, -0.2) is 4.98 Å². The zero-order valence-corrected chi connectivity index (χ0v) is 25.7. The Morgan fingerprint density at radius 1 is 0.977 bits per heavy atom. The molecule has 2 saturated carbocycles. The van der Waals surface area contributed by atoms with E-state index in [0.717, 1.165) is 87.1 Å². The van der Waals surface area contributed by atoms with E-state index in [4.69, 9.17) is 4.42 Å². The van der Waals surface area contributed by atoms with Gasteiger partial charge in [0.2, 0.25) is 11.8 Å². The van der Waals surface area contributed by atoms with Gasteiger partial charge in [-0.3, -0.25) is 19.6 Å². The Labute approximate surface area is 255 Å². The average Bonchev–Trinajstić information content (AvgIpc) is 3.97. The van der Waals surface area contributed by atoms with Gasteiger partial charge in [0.05, 0.1) is 23.8 Å². The van der Waals surface area contributed by atoms with E-state index in [1.54, 1.807) is 6.20 Å². The maximum absolute atomic E-state index is 13.5. The zero-order valence-electron chi connectivity index (χ0n) is 25.7. The van der Waals surface area contributed by atoms with Crippen LogP contribution in [0, 0.1) is 11.3 Å². The maximum atomic E-state index is 13.5. The van der Waals surface area contributed by atoms with E-state index in [9.17, 15) is 9.59 Å². The summed E-state index contributed by atoms with van der Waals surface area (Å²) in [4.78, 5) is 41.6. The van der Waals surface area contributed by atoms with Crippen molar-refractivity contribution in [1.82, 2.24) is 25.2 Å². The number of amides is 1. The predicted octanol–water partition coefficient (Wildman–Crippen LogP) is 6.88. The van der Waals surface area contributed by atoms with Gasteiger partial charge in [-0.05, 0) is 70.0 Å². The van der Waals surface area contributed by atoms with E-state index in [0.29, 0.717) is 36.2 Å². The number of nitrogens with zero attached hydrogens (tertiary/aromatic N) is 4. The second kappa shape index (κ2) is 13.1. The van der Waals surface area contributed by atoms with Gasteiger partial charge in [-0.2, -0.15) is 0 Å². The topological polar surface area (TPSA) is 101 Å². The molecule has 43 heavy (non-hydrogen) atoms. The lowest BCUT2D eigenvalue weighted by Gasteiger charge is -2.32. The number of oxazole rings is 1. The molecule has 3 heterocycles. The molecule has 3 aliphatic rings. The van der Waals surface area contributed by atoms with Crippen LogP contribution in [0.1, 0.15) is 108 Å². The molecule has 3 fully saturated rings. The number of ketones is 1. The molecule has 1 aromatic carbocycles. The number of hydrogen-bond acceptors (Lipinski definition) is 7. The number of benzene rings is 1. The third-order valence-corrected chi connectivity index (χ3v) is 9.92. The van der Waals surface area contributed by atoms with E-state index in [2.05, 4.69) is 32.1 Å². The van der Waals surface area contributed by atoms with Crippen LogP contribution in [0.25, 0.3) is 22.6 Å². The molecule has 1 unspecified atom stereocenters. The van der Waals surface area contributed by atoms with Crippen LogP contribution in [0.5, 0.6) is 0 Å². The lowest BCUT2D eigenvalue weighted by Crippen LogP contribution is -2.37. The molecule has 8 heteroatoms. The molecule has 2 aliphatic carbocycles. The Kier molecular flexibility index (Phi) is 9.03. The number of carbonyl (C=O) groups is 2. The molecule has 0 radical (unpaired) electrons. The van der Waals surface area contributed by atoms with Gasteiger partial charge in [0, 0.05) is 42.0 Å². The van der Waals surface area contributed by atoms with Crippen molar-refractivity contribution in [1.29, 1.82) is 0 Å². The van der Waals surface area contributed by atoms with Crippen LogP contribution in [-0.4, -0.2) is 51.2 Å². The Balaban J connectivity index is 1.11. The highest BCUT2D eigenvalue weighted by Crippen LogP contribution is 2.59. The summed E-state index contributed by atoms with van der Waals surface area (Å²) in [6, 6.07) is 7.82. The molecule has 0 bridgehead atoms.